The second kappa shape index (κ2) is 6.73. The maximum atomic E-state index is 7.49. The third-order valence-electron chi connectivity index (χ3n) is 3.11. The summed E-state index contributed by atoms with van der Waals surface area (Å²) in [6, 6.07) is 11.4. The summed E-state index contributed by atoms with van der Waals surface area (Å²) in [5.74, 6) is 0.354. The van der Waals surface area contributed by atoms with Crippen LogP contribution in [0.1, 0.15) is 31.1 Å². The molecule has 1 heterocycles. The molecule has 0 aliphatic rings. The first-order chi connectivity index (χ1) is 9.56. The molecule has 0 aliphatic carbocycles. The zero-order valence-corrected chi connectivity index (χ0v) is 12.4. The molecule has 4 heteroatoms. The largest absolute Gasteiger partial charge is 0.369 e. The summed E-state index contributed by atoms with van der Waals surface area (Å²) in [5.41, 5.74) is 2.56. The summed E-state index contributed by atoms with van der Waals surface area (Å²) in [4.78, 5) is 2.91. The first-order valence-corrected chi connectivity index (χ1v) is 7.03. The van der Waals surface area contributed by atoms with E-state index in [1.54, 1.807) is 6.07 Å². The minimum absolute atomic E-state index is 0.00234. The number of nitrogens with one attached hydrogen (secondary N) is 2. The van der Waals surface area contributed by atoms with Gasteiger partial charge in [-0.05, 0) is 35.2 Å². The SMILES string of the molecule is CC(C)C(OCc1ccc(Cl)cc1)c1ccc(=N)[nH]c1. The molecule has 2 rings (SSSR count). The van der Waals surface area contributed by atoms with Crippen molar-refractivity contribution >= 4 is 11.6 Å². The number of benzene rings is 1. The van der Waals surface area contributed by atoms with Gasteiger partial charge in [-0.2, -0.15) is 0 Å². The Balaban J connectivity index is 2.08. The summed E-state index contributed by atoms with van der Waals surface area (Å²) >= 11 is 5.87. The van der Waals surface area contributed by atoms with Crippen LogP contribution in [0.15, 0.2) is 42.6 Å². The monoisotopic (exact) mass is 290 g/mol. The number of pyridine rings is 1. The average Bonchev–Trinajstić information content (AvgIpc) is 2.43. The van der Waals surface area contributed by atoms with E-state index in [9.17, 15) is 0 Å². The number of ether oxygens (including phenoxy) is 1. The molecule has 20 heavy (non-hydrogen) atoms. The van der Waals surface area contributed by atoms with Crippen LogP contribution in [0, 0.1) is 11.3 Å². The van der Waals surface area contributed by atoms with E-state index in [2.05, 4.69) is 18.8 Å². The average molecular weight is 291 g/mol. The molecule has 2 N–H and O–H groups in total. The first-order valence-electron chi connectivity index (χ1n) is 6.65. The van der Waals surface area contributed by atoms with E-state index < -0.39 is 0 Å². The lowest BCUT2D eigenvalue weighted by Gasteiger charge is -2.22. The Morgan fingerprint density at radius 3 is 2.40 bits per heavy atom. The van der Waals surface area contributed by atoms with Crippen molar-refractivity contribution < 1.29 is 4.74 Å². The van der Waals surface area contributed by atoms with E-state index in [0.717, 1.165) is 16.1 Å². The van der Waals surface area contributed by atoms with Gasteiger partial charge >= 0.3 is 0 Å². The van der Waals surface area contributed by atoms with Crippen molar-refractivity contribution in [1.82, 2.24) is 4.98 Å². The third kappa shape index (κ3) is 3.95. The van der Waals surface area contributed by atoms with Crippen LogP contribution in [0.25, 0.3) is 0 Å². The third-order valence-corrected chi connectivity index (χ3v) is 3.37. The van der Waals surface area contributed by atoms with Crippen LogP contribution in [0.4, 0.5) is 0 Å². The standard InChI is InChI=1S/C16H19ClN2O/c1-11(2)16(13-5-8-15(18)19-9-13)20-10-12-3-6-14(17)7-4-12/h3-9,11,16H,10H2,1-2H3,(H2,18,19). The second-order valence-electron chi connectivity index (χ2n) is 5.14. The molecule has 1 atom stereocenters. The number of hydrogen-bond acceptors (Lipinski definition) is 2. The van der Waals surface area contributed by atoms with Gasteiger partial charge in [0.25, 0.3) is 0 Å². The molecule has 2 aromatic rings. The molecule has 0 saturated heterocycles. The molecule has 0 saturated carbocycles. The number of aromatic nitrogens is 1. The molecular formula is C16H19ClN2O. The van der Waals surface area contributed by atoms with Crippen molar-refractivity contribution in [2.45, 2.75) is 26.6 Å². The molecular weight excluding hydrogens is 272 g/mol. The van der Waals surface area contributed by atoms with Crippen molar-refractivity contribution in [1.29, 1.82) is 5.41 Å². The van der Waals surface area contributed by atoms with Gasteiger partial charge < -0.3 is 9.72 Å². The number of rotatable bonds is 5. The van der Waals surface area contributed by atoms with Gasteiger partial charge in [0.2, 0.25) is 0 Å². The van der Waals surface area contributed by atoms with Crippen LogP contribution < -0.4 is 5.49 Å². The van der Waals surface area contributed by atoms with Crippen LogP contribution in [0.2, 0.25) is 5.02 Å². The normalized spacial score (nSPS) is 12.6. The van der Waals surface area contributed by atoms with Crippen LogP contribution in [0.3, 0.4) is 0 Å². The number of aromatic amines is 1. The number of halogens is 1. The first kappa shape index (κ1) is 14.8. The molecule has 3 nitrogen and oxygen atoms in total. The summed E-state index contributed by atoms with van der Waals surface area (Å²) in [6.45, 7) is 4.80. The Labute approximate surface area is 124 Å². The highest BCUT2D eigenvalue weighted by molar-refractivity contribution is 6.30. The van der Waals surface area contributed by atoms with E-state index >= 15 is 0 Å². The van der Waals surface area contributed by atoms with Crippen molar-refractivity contribution in [3.05, 3.63) is 64.2 Å². The lowest BCUT2D eigenvalue weighted by Crippen LogP contribution is -2.14. The van der Waals surface area contributed by atoms with E-state index in [4.69, 9.17) is 21.7 Å². The van der Waals surface area contributed by atoms with E-state index in [0.29, 0.717) is 18.0 Å². The molecule has 0 amide bonds. The maximum Gasteiger partial charge on any atom is 0.121 e. The molecule has 1 unspecified atom stereocenters. The summed E-state index contributed by atoms with van der Waals surface area (Å²) in [7, 11) is 0. The molecule has 0 bridgehead atoms. The van der Waals surface area contributed by atoms with Gasteiger partial charge in [-0.25, -0.2) is 0 Å². The molecule has 0 radical (unpaired) electrons. The minimum Gasteiger partial charge on any atom is -0.369 e. The lowest BCUT2D eigenvalue weighted by molar-refractivity contribution is 0.00875. The molecule has 1 aromatic carbocycles. The number of H-pyrrole nitrogens is 1. The van der Waals surface area contributed by atoms with E-state index in [-0.39, 0.29) is 6.10 Å². The van der Waals surface area contributed by atoms with Gasteiger partial charge in [-0.15, -0.1) is 0 Å². The van der Waals surface area contributed by atoms with Crippen molar-refractivity contribution in [2.24, 2.45) is 5.92 Å². The van der Waals surface area contributed by atoms with Gasteiger partial charge in [0, 0.05) is 11.2 Å². The van der Waals surface area contributed by atoms with Crippen molar-refractivity contribution in [3.8, 4) is 0 Å². The highest BCUT2D eigenvalue weighted by Gasteiger charge is 2.16. The molecule has 0 aliphatic heterocycles. The van der Waals surface area contributed by atoms with Crippen LogP contribution >= 0.6 is 11.6 Å². The van der Waals surface area contributed by atoms with E-state index in [1.165, 1.54) is 0 Å². The lowest BCUT2D eigenvalue weighted by atomic mass is 10.0. The fourth-order valence-electron chi connectivity index (χ4n) is 2.05. The summed E-state index contributed by atoms with van der Waals surface area (Å²) < 4.78 is 6.03. The Morgan fingerprint density at radius 1 is 1.15 bits per heavy atom. The van der Waals surface area contributed by atoms with Crippen LogP contribution in [0.5, 0.6) is 0 Å². The second-order valence-corrected chi connectivity index (χ2v) is 5.57. The quantitative estimate of drug-likeness (QED) is 0.857. The van der Waals surface area contributed by atoms with Crippen LogP contribution in [-0.2, 0) is 11.3 Å². The van der Waals surface area contributed by atoms with Crippen LogP contribution in [-0.4, -0.2) is 4.98 Å². The zero-order valence-electron chi connectivity index (χ0n) is 11.7. The molecule has 0 spiro atoms. The minimum atomic E-state index is 0.00234. The van der Waals surface area contributed by atoms with Gasteiger partial charge in [-0.3, -0.25) is 5.41 Å². The van der Waals surface area contributed by atoms with Crippen molar-refractivity contribution in [2.75, 3.05) is 0 Å². The Morgan fingerprint density at radius 2 is 1.85 bits per heavy atom. The highest BCUT2D eigenvalue weighted by atomic mass is 35.5. The fraction of sp³-hybridized carbons (Fsp3) is 0.312. The highest BCUT2D eigenvalue weighted by Crippen LogP contribution is 2.26. The van der Waals surface area contributed by atoms with Gasteiger partial charge in [0.15, 0.2) is 0 Å². The zero-order chi connectivity index (χ0) is 14.5. The predicted octanol–water partition coefficient (Wildman–Crippen LogP) is 4.06. The van der Waals surface area contributed by atoms with Gasteiger partial charge in [-0.1, -0.05) is 43.6 Å². The predicted molar refractivity (Wildman–Crippen MR) is 80.5 cm³/mol. The summed E-state index contributed by atoms with van der Waals surface area (Å²) in [6.07, 6.45) is 1.84. The number of hydrogen-bond donors (Lipinski definition) is 2. The fourth-order valence-corrected chi connectivity index (χ4v) is 2.18. The maximum absolute atomic E-state index is 7.49. The van der Waals surface area contributed by atoms with Crippen molar-refractivity contribution in [3.63, 3.8) is 0 Å². The Kier molecular flexibility index (Phi) is 4.99. The summed E-state index contributed by atoms with van der Waals surface area (Å²) in [5, 5.41) is 8.22. The molecule has 1 aromatic heterocycles. The Hall–Kier alpha value is -1.58. The molecule has 106 valence electrons. The Bertz CT molecular complexity index is 584. The van der Waals surface area contributed by atoms with E-state index in [1.807, 2.05) is 36.5 Å². The molecule has 0 fully saturated rings. The van der Waals surface area contributed by atoms with Gasteiger partial charge in [0.05, 0.1) is 12.7 Å². The topological polar surface area (TPSA) is 48.9 Å². The van der Waals surface area contributed by atoms with Gasteiger partial charge in [0.1, 0.15) is 5.49 Å². The smallest absolute Gasteiger partial charge is 0.121 e.